The molecule has 1 N–H and O–H groups in total. The number of aromatic hydroxyl groups is 1. The Hall–Kier alpha value is -1.76. The first-order valence-electron chi connectivity index (χ1n) is 4.54. The molecule has 0 aliphatic heterocycles. The number of allylic oxidation sites excluding steroid dienone is 1. The number of benzene rings is 2. The van der Waals surface area contributed by atoms with Crippen LogP contribution in [-0.2, 0) is 6.42 Å². The molecule has 0 heterocycles. The molecule has 0 fully saturated rings. The van der Waals surface area contributed by atoms with E-state index in [1.54, 1.807) is 6.07 Å². The van der Waals surface area contributed by atoms with E-state index >= 15 is 0 Å². The zero-order valence-electron chi connectivity index (χ0n) is 7.83. The lowest BCUT2D eigenvalue weighted by Crippen LogP contribution is -1.81. The third kappa shape index (κ3) is 1.62. The quantitative estimate of drug-likeness (QED) is 0.709. The van der Waals surface area contributed by atoms with Crippen molar-refractivity contribution in [2.45, 2.75) is 6.42 Å². The maximum atomic E-state index is 9.28. The minimum atomic E-state index is 0.188. The Morgan fingerprint density at radius 1 is 1.29 bits per heavy atom. The van der Waals surface area contributed by atoms with Gasteiger partial charge in [-0.3, -0.25) is 0 Å². The van der Waals surface area contributed by atoms with E-state index in [4.69, 9.17) is 0 Å². The van der Waals surface area contributed by atoms with Crippen molar-refractivity contribution in [1.82, 2.24) is 0 Å². The van der Waals surface area contributed by atoms with Crippen LogP contribution in [0.4, 0.5) is 0 Å². The molecule has 0 unspecified atom stereocenters. The van der Waals surface area contributed by atoms with E-state index in [9.17, 15) is 5.11 Å². The molecule has 0 amide bonds. The molecule has 1 radical (unpaired) electrons. The molecule has 1 heteroatoms. The van der Waals surface area contributed by atoms with Crippen molar-refractivity contribution in [3.63, 3.8) is 0 Å². The molecular formula is C13H11O. The number of phenols is 1. The lowest BCUT2D eigenvalue weighted by molar-refractivity contribution is 0.475. The van der Waals surface area contributed by atoms with E-state index in [1.165, 1.54) is 5.56 Å². The normalized spacial score (nSPS) is 10.3. The molecule has 1 nitrogen and oxygen atoms in total. The van der Waals surface area contributed by atoms with Crippen LogP contribution in [0.3, 0.4) is 0 Å². The molecule has 0 bridgehead atoms. The maximum absolute atomic E-state index is 9.28. The standard InChI is InChI=1S/C13H11O/c1-2-3-10-4-5-11-6-7-13(14)9-12(11)8-10/h2,4-8,14H,1,3H2. The first-order valence-corrected chi connectivity index (χ1v) is 4.54. The number of rotatable bonds is 2. The Morgan fingerprint density at radius 3 is 2.86 bits per heavy atom. The van der Waals surface area contributed by atoms with Crippen LogP contribution < -0.4 is 0 Å². The Bertz CT molecular complexity index is 472. The van der Waals surface area contributed by atoms with Crippen LogP contribution in [0.25, 0.3) is 10.8 Å². The van der Waals surface area contributed by atoms with Crippen LogP contribution in [0.15, 0.2) is 43.0 Å². The van der Waals surface area contributed by atoms with E-state index in [2.05, 4.69) is 18.7 Å². The lowest BCUT2D eigenvalue weighted by atomic mass is 10.0. The van der Waals surface area contributed by atoms with Crippen LogP contribution in [-0.4, -0.2) is 5.11 Å². The Balaban J connectivity index is 2.57. The SMILES string of the molecule is C=CCc1ccc2ccc(O)[c]c2c1. The van der Waals surface area contributed by atoms with Gasteiger partial charge >= 0.3 is 0 Å². The summed E-state index contributed by atoms with van der Waals surface area (Å²) in [7, 11) is 0. The summed E-state index contributed by atoms with van der Waals surface area (Å²) < 4.78 is 0. The fourth-order valence-corrected chi connectivity index (χ4v) is 1.50. The topological polar surface area (TPSA) is 20.2 Å². The van der Waals surface area contributed by atoms with Gasteiger partial charge in [-0.1, -0.05) is 30.3 Å². The van der Waals surface area contributed by atoms with E-state index in [0.29, 0.717) is 0 Å². The number of phenolic OH excluding ortho intramolecular Hbond substituents is 1. The van der Waals surface area contributed by atoms with Gasteiger partial charge < -0.3 is 5.11 Å². The third-order valence-electron chi connectivity index (χ3n) is 2.18. The summed E-state index contributed by atoms with van der Waals surface area (Å²) in [5.41, 5.74) is 1.19. The second-order valence-corrected chi connectivity index (χ2v) is 3.26. The van der Waals surface area contributed by atoms with Crippen molar-refractivity contribution < 1.29 is 5.11 Å². The zero-order chi connectivity index (χ0) is 9.97. The molecule has 2 rings (SSSR count). The van der Waals surface area contributed by atoms with Crippen LogP contribution in [0.5, 0.6) is 5.75 Å². The molecule has 0 saturated carbocycles. The first kappa shape index (κ1) is 8.82. The molecule has 0 saturated heterocycles. The highest BCUT2D eigenvalue weighted by Gasteiger charge is 1.97. The summed E-state index contributed by atoms with van der Waals surface area (Å²) in [6.07, 6.45) is 2.71. The average Bonchev–Trinajstić information content (AvgIpc) is 2.17. The molecule has 0 aliphatic carbocycles. The Kier molecular flexibility index (Phi) is 2.23. The van der Waals surface area contributed by atoms with Gasteiger partial charge in [-0.05, 0) is 28.8 Å². The van der Waals surface area contributed by atoms with Crippen molar-refractivity contribution in [2.24, 2.45) is 0 Å². The highest BCUT2D eigenvalue weighted by molar-refractivity contribution is 5.83. The minimum absolute atomic E-state index is 0.188. The van der Waals surface area contributed by atoms with E-state index in [1.807, 2.05) is 24.3 Å². The highest BCUT2D eigenvalue weighted by Crippen LogP contribution is 2.20. The fourth-order valence-electron chi connectivity index (χ4n) is 1.50. The molecule has 14 heavy (non-hydrogen) atoms. The van der Waals surface area contributed by atoms with Crippen LogP contribution in [0.1, 0.15) is 5.56 Å². The predicted molar refractivity (Wildman–Crippen MR) is 58.3 cm³/mol. The van der Waals surface area contributed by atoms with Gasteiger partial charge in [0, 0.05) is 6.07 Å². The summed E-state index contributed by atoms with van der Waals surface area (Å²) in [6, 6.07) is 12.6. The molecule has 0 aliphatic rings. The van der Waals surface area contributed by atoms with Gasteiger partial charge in [0.2, 0.25) is 0 Å². The average molecular weight is 183 g/mol. The third-order valence-corrected chi connectivity index (χ3v) is 2.18. The van der Waals surface area contributed by atoms with Crippen molar-refractivity contribution in [3.05, 3.63) is 54.6 Å². The smallest absolute Gasteiger partial charge is 0.124 e. The van der Waals surface area contributed by atoms with Crippen LogP contribution >= 0.6 is 0 Å². The molecule has 69 valence electrons. The Morgan fingerprint density at radius 2 is 2.07 bits per heavy atom. The molecule has 2 aromatic carbocycles. The van der Waals surface area contributed by atoms with Crippen molar-refractivity contribution >= 4 is 10.8 Å². The summed E-state index contributed by atoms with van der Waals surface area (Å²) in [5.74, 6) is 0.188. The van der Waals surface area contributed by atoms with Crippen LogP contribution in [0, 0.1) is 6.07 Å². The van der Waals surface area contributed by atoms with Crippen molar-refractivity contribution in [3.8, 4) is 5.75 Å². The zero-order valence-corrected chi connectivity index (χ0v) is 7.83. The van der Waals surface area contributed by atoms with E-state index < -0.39 is 0 Å². The lowest BCUT2D eigenvalue weighted by Gasteiger charge is -2.01. The molecule has 0 atom stereocenters. The second-order valence-electron chi connectivity index (χ2n) is 3.26. The number of hydrogen-bond acceptors (Lipinski definition) is 1. The van der Waals surface area contributed by atoms with Crippen molar-refractivity contribution in [1.29, 1.82) is 0 Å². The van der Waals surface area contributed by atoms with Gasteiger partial charge in [-0.2, -0.15) is 0 Å². The van der Waals surface area contributed by atoms with Crippen LogP contribution in [0.2, 0.25) is 0 Å². The van der Waals surface area contributed by atoms with Gasteiger partial charge in [0.25, 0.3) is 0 Å². The van der Waals surface area contributed by atoms with Gasteiger partial charge in [0.1, 0.15) is 5.75 Å². The molecule has 0 aromatic heterocycles. The molecular weight excluding hydrogens is 172 g/mol. The monoisotopic (exact) mass is 183 g/mol. The Labute approximate surface area is 83.3 Å². The summed E-state index contributed by atoms with van der Waals surface area (Å²) in [6.45, 7) is 3.69. The largest absolute Gasteiger partial charge is 0.507 e. The van der Waals surface area contributed by atoms with E-state index in [0.717, 1.165) is 17.2 Å². The number of fused-ring (bicyclic) bond motifs is 1. The van der Waals surface area contributed by atoms with Gasteiger partial charge in [0.15, 0.2) is 0 Å². The van der Waals surface area contributed by atoms with Gasteiger partial charge in [-0.25, -0.2) is 0 Å². The van der Waals surface area contributed by atoms with Crippen molar-refractivity contribution in [2.75, 3.05) is 0 Å². The number of hydrogen-bond donors (Lipinski definition) is 1. The maximum Gasteiger partial charge on any atom is 0.124 e. The second kappa shape index (κ2) is 3.54. The first-order chi connectivity index (χ1) is 6.79. The van der Waals surface area contributed by atoms with E-state index in [-0.39, 0.29) is 5.75 Å². The predicted octanol–water partition coefficient (Wildman–Crippen LogP) is 3.07. The summed E-state index contributed by atoms with van der Waals surface area (Å²) >= 11 is 0. The van der Waals surface area contributed by atoms with Gasteiger partial charge in [-0.15, -0.1) is 6.58 Å². The summed E-state index contributed by atoms with van der Waals surface area (Å²) in [5, 5.41) is 11.3. The minimum Gasteiger partial charge on any atom is -0.507 e. The fraction of sp³-hybridized carbons (Fsp3) is 0.0769. The molecule has 0 spiro atoms. The summed E-state index contributed by atoms with van der Waals surface area (Å²) in [4.78, 5) is 0. The van der Waals surface area contributed by atoms with Gasteiger partial charge in [0.05, 0.1) is 0 Å². The highest BCUT2D eigenvalue weighted by atomic mass is 16.3. The molecule has 2 aromatic rings.